The fourth-order valence-corrected chi connectivity index (χ4v) is 1.65. The van der Waals surface area contributed by atoms with Crippen LogP contribution >= 0.6 is 0 Å². The maximum atomic E-state index is 5.78. The van der Waals surface area contributed by atoms with E-state index in [4.69, 9.17) is 9.47 Å². The van der Waals surface area contributed by atoms with Crippen molar-refractivity contribution in [2.45, 2.75) is 32.7 Å². The zero-order valence-electron chi connectivity index (χ0n) is 11.2. The van der Waals surface area contributed by atoms with Crippen molar-refractivity contribution in [1.29, 1.82) is 0 Å². The van der Waals surface area contributed by atoms with Gasteiger partial charge in [0.25, 0.3) is 0 Å². The normalized spacial score (nSPS) is 12.2. The molecule has 0 amide bonds. The molecule has 3 nitrogen and oxygen atoms in total. The highest BCUT2D eigenvalue weighted by molar-refractivity contribution is 5.42. The van der Waals surface area contributed by atoms with Gasteiger partial charge in [0.05, 0.1) is 7.11 Å². The molecule has 1 rings (SSSR count). The molecule has 1 aromatic rings. The van der Waals surface area contributed by atoms with E-state index in [1.807, 2.05) is 19.2 Å². The van der Waals surface area contributed by atoms with Crippen molar-refractivity contribution in [3.63, 3.8) is 0 Å². The van der Waals surface area contributed by atoms with Gasteiger partial charge in [0, 0.05) is 6.04 Å². The molecular weight excluding hydrogens is 214 g/mol. The van der Waals surface area contributed by atoms with E-state index in [1.165, 1.54) is 5.56 Å². The van der Waals surface area contributed by atoms with Gasteiger partial charge in [-0.3, -0.25) is 0 Å². The number of benzene rings is 1. The van der Waals surface area contributed by atoms with Gasteiger partial charge in [-0.25, -0.2) is 0 Å². The van der Waals surface area contributed by atoms with E-state index >= 15 is 0 Å². The summed E-state index contributed by atoms with van der Waals surface area (Å²) in [7, 11) is 3.63. The molecule has 0 saturated carbocycles. The minimum atomic E-state index is 0.380. The van der Waals surface area contributed by atoms with Crippen molar-refractivity contribution < 1.29 is 9.47 Å². The van der Waals surface area contributed by atoms with Crippen LogP contribution in [0.1, 0.15) is 25.8 Å². The van der Waals surface area contributed by atoms with Gasteiger partial charge in [-0.1, -0.05) is 19.9 Å². The lowest BCUT2D eigenvalue weighted by Gasteiger charge is -2.17. The van der Waals surface area contributed by atoms with Crippen LogP contribution in [-0.4, -0.2) is 26.8 Å². The van der Waals surface area contributed by atoms with Crippen LogP contribution in [0.2, 0.25) is 0 Å². The van der Waals surface area contributed by atoms with Gasteiger partial charge < -0.3 is 14.8 Å². The third-order valence-electron chi connectivity index (χ3n) is 2.98. The number of likely N-dealkylation sites (N-methyl/N-ethyl adjacent to an activating group) is 1. The highest BCUT2D eigenvalue weighted by Gasteiger charge is 2.08. The van der Waals surface area contributed by atoms with Gasteiger partial charge >= 0.3 is 0 Å². The summed E-state index contributed by atoms with van der Waals surface area (Å²) in [5.41, 5.74) is 1.26. The average Bonchev–Trinajstić information content (AvgIpc) is 2.39. The summed E-state index contributed by atoms with van der Waals surface area (Å²) in [5, 5.41) is 3.22. The van der Waals surface area contributed by atoms with Crippen LogP contribution in [0.25, 0.3) is 0 Å². The second-order valence-corrected chi connectivity index (χ2v) is 4.04. The number of ether oxygens (including phenoxy) is 2. The van der Waals surface area contributed by atoms with E-state index in [-0.39, 0.29) is 0 Å². The number of hydrogen-bond acceptors (Lipinski definition) is 3. The molecule has 0 heterocycles. The molecule has 1 atom stereocenters. The molecule has 1 aromatic carbocycles. The van der Waals surface area contributed by atoms with E-state index in [0.29, 0.717) is 12.6 Å². The third kappa shape index (κ3) is 3.93. The smallest absolute Gasteiger partial charge is 0.161 e. The first-order chi connectivity index (χ1) is 8.24. The van der Waals surface area contributed by atoms with Gasteiger partial charge in [0.15, 0.2) is 11.5 Å². The molecule has 3 heteroatoms. The third-order valence-corrected chi connectivity index (χ3v) is 2.98. The molecule has 0 saturated heterocycles. The zero-order valence-corrected chi connectivity index (χ0v) is 11.2. The molecule has 0 aliphatic rings. The summed E-state index contributed by atoms with van der Waals surface area (Å²) >= 11 is 0. The Morgan fingerprint density at radius 3 is 2.53 bits per heavy atom. The summed E-state index contributed by atoms with van der Waals surface area (Å²) in [6.45, 7) is 4.93. The van der Waals surface area contributed by atoms with Gasteiger partial charge in [-0.2, -0.15) is 0 Å². The molecule has 96 valence electrons. The molecule has 0 spiro atoms. The molecule has 1 N–H and O–H groups in total. The molecule has 0 aliphatic carbocycles. The number of methoxy groups -OCH3 is 1. The van der Waals surface area contributed by atoms with Crippen LogP contribution in [0.3, 0.4) is 0 Å². The monoisotopic (exact) mass is 237 g/mol. The lowest BCUT2D eigenvalue weighted by molar-refractivity contribution is 0.254. The maximum Gasteiger partial charge on any atom is 0.161 e. The molecule has 0 radical (unpaired) electrons. The number of nitrogens with one attached hydrogen (secondary N) is 1. The highest BCUT2D eigenvalue weighted by atomic mass is 16.5. The second kappa shape index (κ2) is 7.17. The Balaban J connectivity index is 2.70. The molecule has 0 fully saturated rings. The molecule has 17 heavy (non-hydrogen) atoms. The van der Waals surface area contributed by atoms with Crippen molar-refractivity contribution in [2.24, 2.45) is 0 Å². The minimum Gasteiger partial charge on any atom is -0.493 e. The van der Waals surface area contributed by atoms with E-state index < -0.39 is 0 Å². The van der Waals surface area contributed by atoms with Crippen molar-refractivity contribution in [1.82, 2.24) is 5.32 Å². The highest BCUT2D eigenvalue weighted by Crippen LogP contribution is 2.28. The Bertz CT molecular complexity index is 335. The van der Waals surface area contributed by atoms with E-state index in [2.05, 4.69) is 25.2 Å². The first-order valence-electron chi connectivity index (χ1n) is 6.22. The average molecular weight is 237 g/mol. The maximum absolute atomic E-state index is 5.78. The molecule has 0 bridgehead atoms. The first kappa shape index (κ1) is 13.8. The van der Waals surface area contributed by atoms with Gasteiger partial charge in [-0.05, 0) is 37.6 Å². The number of rotatable bonds is 7. The standard InChI is InChI=1S/C14H23NO2/c1-5-11-7-8-13(14(9-11)16-4)17-10-12(6-2)15-3/h7-9,12,15H,5-6,10H2,1-4H3. The van der Waals surface area contributed by atoms with Crippen LogP contribution in [0.5, 0.6) is 11.5 Å². The largest absolute Gasteiger partial charge is 0.493 e. The van der Waals surface area contributed by atoms with Crippen molar-refractivity contribution in [2.75, 3.05) is 20.8 Å². The van der Waals surface area contributed by atoms with Crippen molar-refractivity contribution in [3.8, 4) is 11.5 Å². The number of aryl methyl sites for hydroxylation is 1. The van der Waals surface area contributed by atoms with Crippen LogP contribution in [0.15, 0.2) is 18.2 Å². The van der Waals surface area contributed by atoms with E-state index in [1.54, 1.807) is 7.11 Å². The summed E-state index contributed by atoms with van der Waals surface area (Å²) in [4.78, 5) is 0. The molecule has 1 unspecified atom stereocenters. The molecule has 0 aromatic heterocycles. The van der Waals surface area contributed by atoms with Crippen molar-refractivity contribution >= 4 is 0 Å². The predicted molar refractivity (Wildman–Crippen MR) is 71.0 cm³/mol. The Morgan fingerprint density at radius 2 is 2.00 bits per heavy atom. The van der Waals surface area contributed by atoms with Crippen LogP contribution < -0.4 is 14.8 Å². The topological polar surface area (TPSA) is 30.5 Å². The van der Waals surface area contributed by atoms with Gasteiger partial charge in [0.1, 0.15) is 6.61 Å². The predicted octanol–water partition coefficient (Wildman–Crippen LogP) is 2.63. The summed E-state index contributed by atoms with van der Waals surface area (Å²) in [6.07, 6.45) is 2.05. The van der Waals surface area contributed by atoms with Crippen LogP contribution in [0, 0.1) is 0 Å². The molecular formula is C14H23NO2. The summed E-state index contributed by atoms with van der Waals surface area (Å²) in [6, 6.07) is 6.49. The fraction of sp³-hybridized carbons (Fsp3) is 0.571. The lowest BCUT2D eigenvalue weighted by atomic mass is 10.1. The quantitative estimate of drug-likeness (QED) is 0.791. The Hall–Kier alpha value is -1.22. The number of hydrogen-bond donors (Lipinski definition) is 1. The lowest BCUT2D eigenvalue weighted by Crippen LogP contribution is -2.30. The zero-order chi connectivity index (χ0) is 12.7. The Kier molecular flexibility index (Phi) is 5.84. The fourth-order valence-electron chi connectivity index (χ4n) is 1.65. The summed E-state index contributed by atoms with van der Waals surface area (Å²) in [5.74, 6) is 1.63. The summed E-state index contributed by atoms with van der Waals surface area (Å²) < 4.78 is 11.1. The van der Waals surface area contributed by atoms with Crippen LogP contribution in [-0.2, 0) is 6.42 Å². The minimum absolute atomic E-state index is 0.380. The van der Waals surface area contributed by atoms with Gasteiger partial charge in [-0.15, -0.1) is 0 Å². The second-order valence-electron chi connectivity index (χ2n) is 4.04. The first-order valence-corrected chi connectivity index (χ1v) is 6.22. The van der Waals surface area contributed by atoms with E-state index in [9.17, 15) is 0 Å². The van der Waals surface area contributed by atoms with Crippen LogP contribution in [0.4, 0.5) is 0 Å². The van der Waals surface area contributed by atoms with E-state index in [0.717, 1.165) is 24.3 Å². The Labute approximate surface area is 104 Å². The molecule has 0 aliphatic heterocycles. The Morgan fingerprint density at radius 1 is 1.24 bits per heavy atom. The van der Waals surface area contributed by atoms with Gasteiger partial charge in [0.2, 0.25) is 0 Å². The van der Waals surface area contributed by atoms with Crippen molar-refractivity contribution in [3.05, 3.63) is 23.8 Å². The SMILES string of the molecule is CCc1ccc(OCC(CC)NC)c(OC)c1.